The molecule has 0 aliphatic heterocycles. The van der Waals surface area contributed by atoms with Crippen LogP contribution in [-0.4, -0.2) is 18.5 Å². The third-order valence-electron chi connectivity index (χ3n) is 4.37. The topological polar surface area (TPSA) is 55.1 Å². The Bertz CT molecular complexity index is 255. The van der Waals surface area contributed by atoms with E-state index < -0.39 is 0 Å². The molecule has 0 aromatic heterocycles. The zero-order valence-electron chi connectivity index (χ0n) is 10.3. The first-order valence-electron chi connectivity index (χ1n) is 6.69. The van der Waals surface area contributed by atoms with Gasteiger partial charge in [0.1, 0.15) is 0 Å². The molecular formula is C13H24N2O. The van der Waals surface area contributed by atoms with Crippen LogP contribution in [0.3, 0.4) is 0 Å². The van der Waals surface area contributed by atoms with Crippen molar-refractivity contribution in [1.29, 1.82) is 0 Å². The van der Waals surface area contributed by atoms with Gasteiger partial charge in [0.15, 0.2) is 0 Å². The lowest BCUT2D eigenvalue weighted by molar-refractivity contribution is -0.133. The standard InChI is InChI=1S/C13H24N2O/c1-10(11-5-6-11)15-12(16)13(9-14)7-3-2-4-8-13/h10-11H,2-9,14H2,1H3,(H,15,16). The van der Waals surface area contributed by atoms with Gasteiger partial charge in [-0.3, -0.25) is 4.79 Å². The minimum absolute atomic E-state index is 0.217. The Kier molecular flexibility index (Phi) is 3.53. The van der Waals surface area contributed by atoms with E-state index in [9.17, 15) is 4.79 Å². The third kappa shape index (κ3) is 2.40. The summed E-state index contributed by atoms with van der Waals surface area (Å²) in [6.45, 7) is 2.64. The minimum Gasteiger partial charge on any atom is -0.353 e. The molecule has 0 heterocycles. The molecule has 2 rings (SSSR count). The molecule has 1 amide bonds. The molecule has 0 bridgehead atoms. The van der Waals surface area contributed by atoms with E-state index in [0.717, 1.165) is 31.6 Å². The summed E-state index contributed by atoms with van der Waals surface area (Å²) in [4.78, 5) is 12.3. The van der Waals surface area contributed by atoms with Gasteiger partial charge in [-0.1, -0.05) is 19.3 Å². The summed E-state index contributed by atoms with van der Waals surface area (Å²) < 4.78 is 0. The average molecular weight is 224 g/mol. The van der Waals surface area contributed by atoms with E-state index >= 15 is 0 Å². The van der Waals surface area contributed by atoms with Crippen LogP contribution in [0.5, 0.6) is 0 Å². The molecule has 3 N–H and O–H groups in total. The maximum Gasteiger partial charge on any atom is 0.227 e. The molecule has 3 heteroatoms. The molecule has 92 valence electrons. The first-order valence-corrected chi connectivity index (χ1v) is 6.69. The summed E-state index contributed by atoms with van der Waals surface area (Å²) in [6, 6.07) is 0.345. The molecule has 0 saturated heterocycles. The molecule has 0 radical (unpaired) electrons. The first-order chi connectivity index (χ1) is 7.68. The van der Waals surface area contributed by atoms with Crippen molar-refractivity contribution in [1.82, 2.24) is 5.32 Å². The fourth-order valence-electron chi connectivity index (χ4n) is 2.83. The highest BCUT2D eigenvalue weighted by Gasteiger charge is 2.40. The fourth-order valence-corrected chi connectivity index (χ4v) is 2.83. The van der Waals surface area contributed by atoms with E-state index in [-0.39, 0.29) is 11.3 Å². The van der Waals surface area contributed by atoms with Crippen LogP contribution in [0.4, 0.5) is 0 Å². The van der Waals surface area contributed by atoms with Crippen molar-refractivity contribution in [3.63, 3.8) is 0 Å². The van der Waals surface area contributed by atoms with Crippen molar-refractivity contribution in [2.75, 3.05) is 6.54 Å². The highest BCUT2D eigenvalue weighted by molar-refractivity contribution is 5.83. The second-order valence-electron chi connectivity index (χ2n) is 5.64. The molecule has 2 aliphatic rings. The summed E-state index contributed by atoms with van der Waals surface area (Å²) in [6.07, 6.45) is 8.08. The van der Waals surface area contributed by atoms with Crippen LogP contribution < -0.4 is 11.1 Å². The van der Waals surface area contributed by atoms with Crippen LogP contribution in [0.15, 0.2) is 0 Å². The lowest BCUT2D eigenvalue weighted by atomic mass is 9.73. The van der Waals surface area contributed by atoms with Crippen LogP contribution in [-0.2, 0) is 4.79 Å². The number of hydrogen-bond donors (Lipinski definition) is 2. The number of hydrogen-bond acceptors (Lipinski definition) is 2. The van der Waals surface area contributed by atoms with Crippen LogP contribution >= 0.6 is 0 Å². The maximum absolute atomic E-state index is 12.3. The van der Waals surface area contributed by atoms with Gasteiger partial charge in [0.25, 0.3) is 0 Å². The van der Waals surface area contributed by atoms with E-state index in [1.807, 2.05) is 0 Å². The van der Waals surface area contributed by atoms with Gasteiger partial charge in [0, 0.05) is 12.6 Å². The minimum atomic E-state index is -0.249. The zero-order valence-corrected chi connectivity index (χ0v) is 10.3. The van der Waals surface area contributed by atoms with Gasteiger partial charge in [-0.15, -0.1) is 0 Å². The number of carbonyl (C=O) groups excluding carboxylic acids is 1. The maximum atomic E-state index is 12.3. The van der Waals surface area contributed by atoms with E-state index in [0.29, 0.717) is 12.6 Å². The van der Waals surface area contributed by atoms with Crippen LogP contribution in [0.2, 0.25) is 0 Å². The van der Waals surface area contributed by atoms with E-state index in [1.165, 1.54) is 19.3 Å². The van der Waals surface area contributed by atoms with E-state index in [1.54, 1.807) is 0 Å². The predicted octanol–water partition coefficient (Wildman–Crippen LogP) is 1.81. The highest BCUT2D eigenvalue weighted by Crippen LogP contribution is 2.37. The van der Waals surface area contributed by atoms with Crippen molar-refractivity contribution in [2.24, 2.45) is 17.1 Å². The lowest BCUT2D eigenvalue weighted by Crippen LogP contribution is -2.50. The van der Waals surface area contributed by atoms with Gasteiger partial charge in [-0.2, -0.15) is 0 Å². The van der Waals surface area contributed by atoms with Crippen LogP contribution in [0, 0.1) is 11.3 Å². The van der Waals surface area contributed by atoms with Crippen molar-refractivity contribution in [3.8, 4) is 0 Å². The second kappa shape index (κ2) is 4.74. The van der Waals surface area contributed by atoms with Gasteiger partial charge in [-0.05, 0) is 38.5 Å². The van der Waals surface area contributed by atoms with Gasteiger partial charge < -0.3 is 11.1 Å². The molecule has 0 aromatic rings. The van der Waals surface area contributed by atoms with Gasteiger partial charge in [0.2, 0.25) is 5.91 Å². The lowest BCUT2D eigenvalue weighted by Gasteiger charge is -2.35. The molecule has 2 aliphatic carbocycles. The van der Waals surface area contributed by atoms with Gasteiger partial charge >= 0.3 is 0 Å². The Labute approximate surface area is 98.2 Å². The molecule has 2 saturated carbocycles. The summed E-state index contributed by atoms with van der Waals surface area (Å²) in [5.74, 6) is 0.941. The molecule has 16 heavy (non-hydrogen) atoms. The summed E-state index contributed by atoms with van der Waals surface area (Å²) in [5, 5.41) is 3.18. The third-order valence-corrected chi connectivity index (χ3v) is 4.37. The first kappa shape index (κ1) is 11.9. The Morgan fingerprint density at radius 1 is 1.38 bits per heavy atom. The predicted molar refractivity (Wildman–Crippen MR) is 64.9 cm³/mol. The Hall–Kier alpha value is -0.570. The summed E-state index contributed by atoms with van der Waals surface area (Å²) in [5.41, 5.74) is 5.60. The SMILES string of the molecule is CC(NC(=O)C1(CN)CCCCC1)C1CC1. The molecule has 2 fully saturated rings. The van der Waals surface area contributed by atoms with E-state index in [4.69, 9.17) is 5.73 Å². The number of nitrogens with two attached hydrogens (primary N) is 1. The second-order valence-corrected chi connectivity index (χ2v) is 5.64. The monoisotopic (exact) mass is 224 g/mol. The zero-order chi connectivity index (χ0) is 11.6. The largest absolute Gasteiger partial charge is 0.353 e. The summed E-state index contributed by atoms with van der Waals surface area (Å²) >= 11 is 0. The van der Waals surface area contributed by atoms with Crippen LogP contribution in [0.25, 0.3) is 0 Å². The normalized spacial score (nSPS) is 26.1. The number of carbonyl (C=O) groups is 1. The molecule has 3 nitrogen and oxygen atoms in total. The number of amides is 1. The molecular weight excluding hydrogens is 200 g/mol. The Morgan fingerprint density at radius 3 is 2.50 bits per heavy atom. The van der Waals surface area contributed by atoms with Crippen LogP contribution in [0.1, 0.15) is 51.9 Å². The highest BCUT2D eigenvalue weighted by atomic mass is 16.2. The fraction of sp³-hybridized carbons (Fsp3) is 0.923. The van der Waals surface area contributed by atoms with Crippen molar-refractivity contribution in [2.45, 2.75) is 57.9 Å². The van der Waals surface area contributed by atoms with Gasteiger partial charge in [-0.25, -0.2) is 0 Å². The van der Waals surface area contributed by atoms with Crippen molar-refractivity contribution >= 4 is 5.91 Å². The quantitative estimate of drug-likeness (QED) is 0.765. The number of rotatable bonds is 4. The van der Waals surface area contributed by atoms with E-state index in [2.05, 4.69) is 12.2 Å². The average Bonchev–Trinajstić information content (AvgIpc) is 3.13. The van der Waals surface area contributed by atoms with Crippen molar-refractivity contribution in [3.05, 3.63) is 0 Å². The molecule has 1 unspecified atom stereocenters. The molecule has 0 aromatic carbocycles. The smallest absolute Gasteiger partial charge is 0.227 e. The Morgan fingerprint density at radius 2 is 2.00 bits per heavy atom. The Balaban J connectivity index is 1.93. The van der Waals surface area contributed by atoms with Gasteiger partial charge in [0.05, 0.1) is 5.41 Å². The molecule has 0 spiro atoms. The van der Waals surface area contributed by atoms with Crippen molar-refractivity contribution < 1.29 is 4.79 Å². The number of nitrogens with one attached hydrogen (secondary N) is 1. The molecule has 1 atom stereocenters. The summed E-state index contributed by atoms with van der Waals surface area (Å²) in [7, 11) is 0.